The summed E-state index contributed by atoms with van der Waals surface area (Å²) in [4.78, 5) is 11.6. The van der Waals surface area contributed by atoms with Crippen molar-refractivity contribution in [2.45, 2.75) is 32.4 Å². The summed E-state index contributed by atoms with van der Waals surface area (Å²) in [5.74, 6) is 1.61. The maximum Gasteiger partial charge on any atom is 0.345 e. The number of thiol groups is 1. The van der Waals surface area contributed by atoms with E-state index in [4.69, 9.17) is 0 Å². The van der Waals surface area contributed by atoms with Crippen LogP contribution in [-0.2, 0) is 19.5 Å². The van der Waals surface area contributed by atoms with Gasteiger partial charge in [-0.05, 0) is 12.8 Å². The van der Waals surface area contributed by atoms with E-state index in [1.807, 2.05) is 0 Å². The topological polar surface area (TPSA) is 39.8 Å². The zero-order chi connectivity index (χ0) is 9.26. The van der Waals surface area contributed by atoms with Gasteiger partial charge in [0.25, 0.3) is 0 Å². The molecule has 1 aromatic rings. The Bertz CT molecular complexity index is 355. The number of hydrogen-bond donors (Lipinski definition) is 1. The lowest BCUT2D eigenvalue weighted by molar-refractivity contribution is 0.511. The number of fused-ring (bicyclic) bond motifs is 1. The number of rotatable bonds is 2. The molecule has 2 rings (SSSR count). The van der Waals surface area contributed by atoms with E-state index in [1.54, 1.807) is 4.57 Å². The summed E-state index contributed by atoms with van der Waals surface area (Å²) in [6, 6.07) is 0. The van der Waals surface area contributed by atoms with E-state index < -0.39 is 0 Å². The van der Waals surface area contributed by atoms with E-state index in [-0.39, 0.29) is 5.69 Å². The second kappa shape index (κ2) is 3.57. The molecule has 0 N–H and O–H groups in total. The Hall–Kier alpha value is -0.710. The van der Waals surface area contributed by atoms with Gasteiger partial charge in [0.15, 0.2) is 0 Å². The van der Waals surface area contributed by atoms with Gasteiger partial charge in [-0.2, -0.15) is 17.7 Å². The average molecular weight is 199 g/mol. The summed E-state index contributed by atoms with van der Waals surface area (Å²) in [6.45, 7) is 1.45. The van der Waals surface area contributed by atoms with Gasteiger partial charge < -0.3 is 0 Å². The third-order valence-corrected chi connectivity index (χ3v) is 2.54. The summed E-state index contributed by atoms with van der Waals surface area (Å²) < 4.78 is 3.31. The van der Waals surface area contributed by atoms with Crippen molar-refractivity contribution in [3.63, 3.8) is 0 Å². The van der Waals surface area contributed by atoms with Crippen molar-refractivity contribution in [2.75, 3.05) is 5.75 Å². The Morgan fingerprint density at radius 3 is 3.00 bits per heavy atom. The highest BCUT2D eigenvalue weighted by Crippen LogP contribution is 2.08. The summed E-state index contributed by atoms with van der Waals surface area (Å²) >= 11 is 4.09. The van der Waals surface area contributed by atoms with E-state index in [9.17, 15) is 4.79 Å². The van der Waals surface area contributed by atoms with E-state index in [0.717, 1.165) is 31.6 Å². The van der Waals surface area contributed by atoms with Crippen LogP contribution in [0.2, 0.25) is 0 Å². The first-order chi connectivity index (χ1) is 6.33. The van der Waals surface area contributed by atoms with E-state index in [2.05, 4.69) is 17.7 Å². The van der Waals surface area contributed by atoms with E-state index in [0.29, 0.717) is 12.3 Å². The van der Waals surface area contributed by atoms with Crippen LogP contribution >= 0.6 is 12.6 Å². The summed E-state index contributed by atoms with van der Waals surface area (Å²) in [7, 11) is 0. The highest BCUT2D eigenvalue weighted by atomic mass is 32.1. The highest BCUT2D eigenvalue weighted by molar-refractivity contribution is 7.80. The van der Waals surface area contributed by atoms with Gasteiger partial charge in [-0.15, -0.1) is 0 Å². The average Bonchev–Trinajstić information content (AvgIpc) is 2.46. The van der Waals surface area contributed by atoms with Crippen molar-refractivity contribution in [3.05, 3.63) is 16.3 Å². The predicted molar refractivity (Wildman–Crippen MR) is 53.3 cm³/mol. The molecule has 0 atom stereocenters. The third-order valence-electron chi connectivity index (χ3n) is 2.34. The Labute approximate surface area is 82.0 Å². The molecule has 0 amide bonds. The fourth-order valence-corrected chi connectivity index (χ4v) is 1.88. The molecule has 72 valence electrons. The molecule has 1 aliphatic rings. The largest absolute Gasteiger partial charge is 0.345 e. The first kappa shape index (κ1) is 8.87. The van der Waals surface area contributed by atoms with E-state index in [1.165, 1.54) is 4.68 Å². The molecule has 0 bridgehead atoms. The molecule has 0 unspecified atom stereocenters. The zero-order valence-electron chi connectivity index (χ0n) is 7.44. The van der Waals surface area contributed by atoms with Crippen molar-refractivity contribution >= 4 is 12.6 Å². The molecule has 0 fully saturated rings. The van der Waals surface area contributed by atoms with Crippen LogP contribution in [0, 0.1) is 0 Å². The fourth-order valence-electron chi connectivity index (χ4n) is 1.69. The highest BCUT2D eigenvalue weighted by Gasteiger charge is 2.15. The van der Waals surface area contributed by atoms with Crippen LogP contribution in [0.4, 0.5) is 0 Å². The summed E-state index contributed by atoms with van der Waals surface area (Å²) in [5, 5.41) is 4.26. The monoisotopic (exact) mass is 199 g/mol. The number of aryl methyl sites for hydroxylation is 2. The summed E-state index contributed by atoms with van der Waals surface area (Å²) in [5.41, 5.74) is 0.0313. The van der Waals surface area contributed by atoms with Gasteiger partial charge in [-0.25, -0.2) is 9.48 Å². The minimum absolute atomic E-state index is 0.0313. The van der Waals surface area contributed by atoms with Gasteiger partial charge in [0, 0.05) is 18.7 Å². The van der Waals surface area contributed by atoms with Crippen molar-refractivity contribution in [2.24, 2.45) is 0 Å². The number of aromatic nitrogens is 3. The molecular formula is C8H13N3OS. The molecule has 0 aromatic carbocycles. The van der Waals surface area contributed by atoms with E-state index >= 15 is 0 Å². The molecule has 0 saturated heterocycles. The van der Waals surface area contributed by atoms with Crippen LogP contribution in [0.15, 0.2) is 4.79 Å². The minimum Gasteiger partial charge on any atom is -0.279 e. The first-order valence-electron chi connectivity index (χ1n) is 4.60. The van der Waals surface area contributed by atoms with Crippen LogP contribution < -0.4 is 5.69 Å². The van der Waals surface area contributed by atoms with Crippen molar-refractivity contribution < 1.29 is 0 Å². The predicted octanol–water partition coefficient (Wildman–Crippen LogP) is 0.311. The maximum atomic E-state index is 11.6. The molecule has 5 heteroatoms. The van der Waals surface area contributed by atoms with Crippen LogP contribution in [0.5, 0.6) is 0 Å². The molecule has 13 heavy (non-hydrogen) atoms. The molecule has 1 aromatic heterocycles. The van der Waals surface area contributed by atoms with Gasteiger partial charge in [0.1, 0.15) is 5.82 Å². The van der Waals surface area contributed by atoms with Crippen LogP contribution in [-0.4, -0.2) is 20.1 Å². The van der Waals surface area contributed by atoms with Crippen LogP contribution in [0.1, 0.15) is 18.7 Å². The third kappa shape index (κ3) is 1.52. The lowest BCUT2D eigenvalue weighted by Gasteiger charge is -2.09. The molecular weight excluding hydrogens is 186 g/mol. The fraction of sp³-hybridized carbons (Fsp3) is 0.750. The Morgan fingerprint density at radius 1 is 1.46 bits per heavy atom. The molecule has 0 aliphatic carbocycles. The van der Waals surface area contributed by atoms with Gasteiger partial charge in [-0.1, -0.05) is 0 Å². The maximum absolute atomic E-state index is 11.6. The van der Waals surface area contributed by atoms with Crippen molar-refractivity contribution in [1.29, 1.82) is 0 Å². The summed E-state index contributed by atoms with van der Waals surface area (Å²) in [6.07, 6.45) is 3.19. The molecule has 0 radical (unpaired) electrons. The Kier molecular flexibility index (Phi) is 2.44. The van der Waals surface area contributed by atoms with Crippen LogP contribution in [0.25, 0.3) is 0 Å². The normalized spacial score (nSPS) is 15.8. The number of nitrogens with zero attached hydrogens (tertiary/aromatic N) is 3. The lowest BCUT2D eigenvalue weighted by Crippen LogP contribution is -2.27. The lowest BCUT2D eigenvalue weighted by atomic mass is 10.2. The van der Waals surface area contributed by atoms with Gasteiger partial charge in [0.05, 0.1) is 6.54 Å². The molecule has 0 spiro atoms. The Balaban J connectivity index is 2.39. The first-order valence-corrected chi connectivity index (χ1v) is 5.23. The smallest absolute Gasteiger partial charge is 0.279 e. The van der Waals surface area contributed by atoms with Gasteiger partial charge >= 0.3 is 5.69 Å². The minimum atomic E-state index is 0.0313. The van der Waals surface area contributed by atoms with Gasteiger partial charge in [0.2, 0.25) is 0 Å². The quantitative estimate of drug-likeness (QED) is 0.696. The van der Waals surface area contributed by atoms with Crippen molar-refractivity contribution in [3.8, 4) is 0 Å². The molecule has 4 nitrogen and oxygen atoms in total. The van der Waals surface area contributed by atoms with Crippen molar-refractivity contribution in [1.82, 2.24) is 14.3 Å². The SMILES string of the molecule is O=c1n(CCS)nc2n1CCCC2. The second-order valence-electron chi connectivity index (χ2n) is 3.25. The second-order valence-corrected chi connectivity index (χ2v) is 3.70. The van der Waals surface area contributed by atoms with Crippen LogP contribution in [0.3, 0.4) is 0 Å². The molecule has 1 aliphatic heterocycles. The standard InChI is InChI=1S/C8H13N3OS/c12-8-10-4-2-1-3-7(10)9-11(8)5-6-13/h13H,1-6H2. The molecule has 0 saturated carbocycles. The Morgan fingerprint density at radius 2 is 2.31 bits per heavy atom. The zero-order valence-corrected chi connectivity index (χ0v) is 8.33. The molecule has 2 heterocycles. The number of hydrogen-bond acceptors (Lipinski definition) is 3. The van der Waals surface area contributed by atoms with Gasteiger partial charge in [-0.3, -0.25) is 4.57 Å².